The Labute approximate surface area is 171 Å². The van der Waals surface area contributed by atoms with Crippen molar-refractivity contribution in [2.75, 3.05) is 13.2 Å². The Kier molecular flexibility index (Phi) is 6.17. The summed E-state index contributed by atoms with van der Waals surface area (Å²) in [5, 5.41) is 15.8. The number of hydrogen-bond donors (Lipinski definition) is 2. The summed E-state index contributed by atoms with van der Waals surface area (Å²) in [5.41, 5.74) is 5.60. The second-order valence-electron chi connectivity index (χ2n) is 6.67. The lowest BCUT2D eigenvalue weighted by molar-refractivity contribution is 0.325. The van der Waals surface area contributed by atoms with Crippen LogP contribution >= 0.6 is 0 Å². The molecule has 0 unspecified atom stereocenters. The SMILES string of the molecule is CCOC(=N)c1ccc(-c2oc(C)c(-c3ccc(C(=N)OCC)cc3)c2C)cc1. The fraction of sp³-hybridized carbons (Fsp3) is 0.250. The highest BCUT2D eigenvalue weighted by Crippen LogP contribution is 2.37. The first-order chi connectivity index (χ1) is 14.0. The summed E-state index contributed by atoms with van der Waals surface area (Å²) in [5.74, 6) is 2.01. The standard InChI is InChI=1S/C24H26N2O3/c1-5-27-23(25)19-11-7-17(8-12-19)21-15(3)22(29-16(21)4)18-9-13-20(14-10-18)24(26)28-6-2/h7-14,25-26H,5-6H2,1-4H3. The van der Waals surface area contributed by atoms with Crippen LogP contribution in [0.1, 0.15) is 36.3 Å². The number of aryl methyl sites for hydroxylation is 1. The van der Waals surface area contributed by atoms with Crippen molar-refractivity contribution in [1.29, 1.82) is 10.8 Å². The fourth-order valence-electron chi connectivity index (χ4n) is 3.37. The predicted molar refractivity (Wildman–Crippen MR) is 116 cm³/mol. The minimum absolute atomic E-state index is 0.171. The molecule has 1 aromatic heterocycles. The molecule has 0 aliphatic heterocycles. The zero-order valence-electron chi connectivity index (χ0n) is 17.3. The summed E-state index contributed by atoms with van der Waals surface area (Å²) < 4.78 is 16.6. The van der Waals surface area contributed by atoms with Crippen molar-refractivity contribution in [2.45, 2.75) is 27.7 Å². The van der Waals surface area contributed by atoms with Crippen LogP contribution in [-0.4, -0.2) is 25.0 Å². The van der Waals surface area contributed by atoms with Gasteiger partial charge in [-0.3, -0.25) is 10.8 Å². The van der Waals surface area contributed by atoms with E-state index in [1.165, 1.54) is 0 Å². The Balaban J connectivity index is 1.91. The van der Waals surface area contributed by atoms with E-state index >= 15 is 0 Å². The lowest BCUT2D eigenvalue weighted by atomic mass is 9.98. The van der Waals surface area contributed by atoms with Gasteiger partial charge in [0.1, 0.15) is 11.5 Å². The summed E-state index contributed by atoms with van der Waals surface area (Å²) in [6.45, 7) is 8.70. The molecular formula is C24H26N2O3. The van der Waals surface area contributed by atoms with Crippen molar-refractivity contribution in [3.63, 3.8) is 0 Å². The van der Waals surface area contributed by atoms with Crippen LogP contribution in [0.25, 0.3) is 22.5 Å². The van der Waals surface area contributed by atoms with Gasteiger partial charge in [0, 0.05) is 27.8 Å². The molecule has 5 nitrogen and oxygen atoms in total. The molecule has 0 spiro atoms. The normalized spacial score (nSPS) is 10.6. The highest BCUT2D eigenvalue weighted by Gasteiger charge is 2.18. The highest BCUT2D eigenvalue weighted by molar-refractivity contribution is 5.93. The van der Waals surface area contributed by atoms with Crippen LogP contribution in [0.5, 0.6) is 0 Å². The van der Waals surface area contributed by atoms with Crippen LogP contribution in [0.2, 0.25) is 0 Å². The summed E-state index contributed by atoms with van der Waals surface area (Å²) >= 11 is 0. The van der Waals surface area contributed by atoms with Gasteiger partial charge in [-0.15, -0.1) is 0 Å². The molecule has 2 aromatic carbocycles. The molecule has 0 bridgehead atoms. The molecule has 0 amide bonds. The zero-order chi connectivity index (χ0) is 21.0. The van der Waals surface area contributed by atoms with E-state index in [0.717, 1.165) is 44.9 Å². The van der Waals surface area contributed by atoms with Crippen molar-refractivity contribution >= 4 is 11.8 Å². The van der Waals surface area contributed by atoms with E-state index in [4.69, 9.17) is 24.7 Å². The first-order valence-electron chi connectivity index (χ1n) is 9.70. The van der Waals surface area contributed by atoms with Gasteiger partial charge in [-0.05, 0) is 57.5 Å². The minimum Gasteiger partial charge on any atom is -0.478 e. The number of hydrogen-bond acceptors (Lipinski definition) is 5. The predicted octanol–water partition coefficient (Wildman–Crippen LogP) is 5.95. The van der Waals surface area contributed by atoms with Crippen LogP contribution in [-0.2, 0) is 9.47 Å². The van der Waals surface area contributed by atoms with Crippen molar-refractivity contribution in [1.82, 2.24) is 0 Å². The highest BCUT2D eigenvalue weighted by atomic mass is 16.5. The molecule has 0 radical (unpaired) electrons. The number of rotatable bonds is 6. The maximum atomic E-state index is 7.91. The number of furan rings is 1. The minimum atomic E-state index is 0.171. The van der Waals surface area contributed by atoms with E-state index in [1.807, 2.05) is 76.2 Å². The fourth-order valence-corrected chi connectivity index (χ4v) is 3.37. The number of nitrogens with one attached hydrogen (secondary N) is 2. The van der Waals surface area contributed by atoms with E-state index in [1.54, 1.807) is 0 Å². The van der Waals surface area contributed by atoms with Crippen LogP contribution in [0.3, 0.4) is 0 Å². The van der Waals surface area contributed by atoms with Crippen LogP contribution in [0, 0.1) is 24.7 Å². The molecule has 0 atom stereocenters. The first-order valence-corrected chi connectivity index (χ1v) is 9.70. The van der Waals surface area contributed by atoms with Gasteiger partial charge in [0.05, 0.1) is 13.2 Å². The molecule has 3 rings (SSSR count). The van der Waals surface area contributed by atoms with E-state index in [0.29, 0.717) is 13.2 Å². The molecule has 2 N–H and O–H groups in total. The Hall–Kier alpha value is -3.34. The number of benzene rings is 2. The van der Waals surface area contributed by atoms with E-state index in [2.05, 4.69) is 0 Å². The van der Waals surface area contributed by atoms with Crippen molar-refractivity contribution in [2.24, 2.45) is 0 Å². The molecule has 29 heavy (non-hydrogen) atoms. The van der Waals surface area contributed by atoms with Crippen LogP contribution in [0.4, 0.5) is 0 Å². The van der Waals surface area contributed by atoms with Crippen LogP contribution in [0.15, 0.2) is 52.9 Å². The molecule has 0 aliphatic rings. The van der Waals surface area contributed by atoms with E-state index in [-0.39, 0.29) is 11.8 Å². The third-order valence-corrected chi connectivity index (χ3v) is 4.75. The molecule has 3 aromatic rings. The molecule has 0 saturated heterocycles. The Bertz CT molecular complexity index is 1020. The Morgan fingerprint density at radius 1 is 0.759 bits per heavy atom. The van der Waals surface area contributed by atoms with Gasteiger partial charge in [-0.2, -0.15) is 0 Å². The van der Waals surface area contributed by atoms with Gasteiger partial charge in [0.25, 0.3) is 0 Å². The maximum absolute atomic E-state index is 7.91. The molecule has 0 fully saturated rings. The molecule has 0 saturated carbocycles. The molecule has 150 valence electrons. The molecular weight excluding hydrogens is 364 g/mol. The summed E-state index contributed by atoms with van der Waals surface area (Å²) in [6, 6.07) is 15.4. The van der Waals surface area contributed by atoms with Crippen LogP contribution < -0.4 is 0 Å². The summed E-state index contributed by atoms with van der Waals surface area (Å²) in [4.78, 5) is 0. The summed E-state index contributed by atoms with van der Waals surface area (Å²) in [7, 11) is 0. The molecule has 1 heterocycles. The molecule has 0 aliphatic carbocycles. The van der Waals surface area contributed by atoms with Gasteiger partial charge in [0.2, 0.25) is 11.8 Å². The molecule has 5 heteroatoms. The quantitative estimate of drug-likeness (QED) is 0.403. The van der Waals surface area contributed by atoms with E-state index < -0.39 is 0 Å². The lowest BCUT2D eigenvalue weighted by Crippen LogP contribution is -2.04. The zero-order valence-corrected chi connectivity index (χ0v) is 17.3. The monoisotopic (exact) mass is 390 g/mol. The van der Waals surface area contributed by atoms with Crippen molar-refractivity contribution in [3.8, 4) is 22.5 Å². The lowest BCUT2D eigenvalue weighted by Gasteiger charge is -2.07. The van der Waals surface area contributed by atoms with Crippen molar-refractivity contribution < 1.29 is 13.9 Å². The summed E-state index contributed by atoms with van der Waals surface area (Å²) in [6.07, 6.45) is 0. The van der Waals surface area contributed by atoms with Gasteiger partial charge < -0.3 is 13.9 Å². The smallest absolute Gasteiger partial charge is 0.213 e. The second kappa shape index (κ2) is 8.78. The average Bonchev–Trinajstić information content (AvgIpc) is 3.02. The van der Waals surface area contributed by atoms with Gasteiger partial charge in [-0.25, -0.2) is 0 Å². The van der Waals surface area contributed by atoms with Gasteiger partial charge >= 0.3 is 0 Å². The van der Waals surface area contributed by atoms with E-state index in [9.17, 15) is 0 Å². The Morgan fingerprint density at radius 3 is 1.66 bits per heavy atom. The second-order valence-corrected chi connectivity index (χ2v) is 6.67. The van der Waals surface area contributed by atoms with Crippen molar-refractivity contribution in [3.05, 3.63) is 71.0 Å². The van der Waals surface area contributed by atoms with Gasteiger partial charge in [-0.1, -0.05) is 24.3 Å². The largest absolute Gasteiger partial charge is 0.478 e. The number of ether oxygens (including phenoxy) is 2. The Morgan fingerprint density at radius 2 is 1.21 bits per heavy atom. The van der Waals surface area contributed by atoms with Gasteiger partial charge in [0.15, 0.2) is 0 Å². The maximum Gasteiger partial charge on any atom is 0.213 e. The third-order valence-electron chi connectivity index (χ3n) is 4.75. The third kappa shape index (κ3) is 4.24. The first kappa shape index (κ1) is 20.4. The average molecular weight is 390 g/mol. The topological polar surface area (TPSA) is 79.3 Å².